The highest BCUT2D eigenvalue weighted by Gasteiger charge is 2.57. The van der Waals surface area contributed by atoms with Gasteiger partial charge in [0.2, 0.25) is 0 Å². The average molecular weight is 264 g/mol. The van der Waals surface area contributed by atoms with Crippen LogP contribution >= 0.6 is 0 Å². The van der Waals surface area contributed by atoms with Crippen LogP contribution in [-0.4, -0.2) is 33.6 Å². The molecule has 0 radical (unpaired) electrons. The van der Waals surface area contributed by atoms with Crippen molar-refractivity contribution in [2.75, 3.05) is 6.61 Å². The summed E-state index contributed by atoms with van der Waals surface area (Å²) in [4.78, 5) is 32.8. The normalized spacial score (nSPS) is 10.6. The predicted molar refractivity (Wildman–Crippen MR) is 57.3 cm³/mol. The van der Waals surface area contributed by atoms with Crippen LogP contribution in [0.1, 0.15) is 34.1 Å². The summed E-state index contributed by atoms with van der Waals surface area (Å²) >= 11 is 0. The molecule has 0 atom stereocenters. The second kappa shape index (κ2) is 7.02. The number of hydrogen-bond acceptors (Lipinski definition) is 7. The van der Waals surface area contributed by atoms with E-state index in [2.05, 4.69) is 0 Å². The lowest BCUT2D eigenvalue weighted by Crippen LogP contribution is -2.52. The van der Waals surface area contributed by atoms with Crippen molar-refractivity contribution in [1.29, 1.82) is 0 Å². The quantitative estimate of drug-likeness (QED) is 0.647. The molecule has 0 aliphatic rings. The van der Waals surface area contributed by atoms with E-state index in [9.17, 15) is 14.4 Å². The standard InChI is InChI=1S/C9H16O7Si/c1-5-6-13-17(14-7(2)10,15-8(3)11)16-9(4)12/h5-6H2,1-4H3. The molecule has 0 amide bonds. The van der Waals surface area contributed by atoms with Crippen LogP contribution in [0.25, 0.3) is 0 Å². The van der Waals surface area contributed by atoms with E-state index in [1.165, 1.54) is 0 Å². The Hall–Kier alpha value is -1.41. The molecule has 0 aliphatic heterocycles. The molecule has 0 fully saturated rings. The van der Waals surface area contributed by atoms with Gasteiger partial charge >= 0.3 is 9.05 Å². The molecule has 0 aromatic rings. The number of hydrogen-bond donors (Lipinski definition) is 0. The summed E-state index contributed by atoms with van der Waals surface area (Å²) in [6, 6.07) is 0. The Bertz CT molecular complexity index is 261. The minimum atomic E-state index is -4.05. The minimum absolute atomic E-state index is 0.139. The lowest BCUT2D eigenvalue weighted by atomic mass is 10.5. The first-order chi connectivity index (χ1) is 7.81. The molecule has 0 bridgehead atoms. The van der Waals surface area contributed by atoms with E-state index in [-0.39, 0.29) is 6.61 Å². The van der Waals surface area contributed by atoms with Gasteiger partial charge < -0.3 is 17.7 Å². The molecule has 7 nitrogen and oxygen atoms in total. The summed E-state index contributed by atoms with van der Waals surface area (Å²) in [6.07, 6.45) is 0.582. The van der Waals surface area contributed by atoms with Gasteiger partial charge in [-0.1, -0.05) is 6.92 Å². The predicted octanol–water partition coefficient (Wildman–Crippen LogP) is 0.538. The molecule has 8 heteroatoms. The van der Waals surface area contributed by atoms with Gasteiger partial charge in [-0.3, -0.25) is 14.4 Å². The van der Waals surface area contributed by atoms with Crippen LogP contribution in [0.4, 0.5) is 0 Å². The zero-order valence-corrected chi connectivity index (χ0v) is 11.3. The third-order valence-corrected chi connectivity index (χ3v) is 3.46. The maximum Gasteiger partial charge on any atom is 0.899 e. The van der Waals surface area contributed by atoms with Crippen LogP contribution < -0.4 is 0 Å². The Labute approximate surface area is 100 Å². The highest BCUT2D eigenvalue weighted by Crippen LogP contribution is 2.13. The first kappa shape index (κ1) is 15.6. The zero-order chi connectivity index (χ0) is 13.5. The van der Waals surface area contributed by atoms with Crippen LogP contribution in [0.5, 0.6) is 0 Å². The van der Waals surface area contributed by atoms with Crippen molar-refractivity contribution in [3.8, 4) is 0 Å². The van der Waals surface area contributed by atoms with Gasteiger partial charge in [0, 0.05) is 27.4 Å². The summed E-state index contributed by atoms with van der Waals surface area (Å²) in [5.74, 6) is -2.26. The topological polar surface area (TPSA) is 88.1 Å². The van der Waals surface area contributed by atoms with Gasteiger partial charge in [-0.05, 0) is 6.42 Å². The number of carbonyl (C=O) groups excluding carboxylic acids is 3. The molecule has 0 rings (SSSR count). The minimum Gasteiger partial charge on any atom is -0.433 e. The third kappa shape index (κ3) is 6.69. The molecular weight excluding hydrogens is 248 g/mol. The Morgan fingerprint density at radius 2 is 1.24 bits per heavy atom. The van der Waals surface area contributed by atoms with Gasteiger partial charge in [-0.2, -0.15) is 0 Å². The van der Waals surface area contributed by atoms with Crippen molar-refractivity contribution < 1.29 is 32.1 Å². The largest absolute Gasteiger partial charge is 0.899 e. The number of carbonyl (C=O) groups is 3. The fourth-order valence-electron chi connectivity index (χ4n) is 0.906. The maximum absolute atomic E-state index is 10.9. The molecule has 0 saturated heterocycles. The molecule has 0 aliphatic carbocycles. The van der Waals surface area contributed by atoms with E-state index in [4.69, 9.17) is 17.7 Å². The molecule has 0 N–H and O–H groups in total. The van der Waals surface area contributed by atoms with Gasteiger partial charge in [-0.25, -0.2) is 0 Å². The van der Waals surface area contributed by atoms with Gasteiger partial charge in [-0.15, -0.1) is 0 Å². The number of rotatable bonds is 6. The third-order valence-electron chi connectivity index (χ3n) is 1.29. The Morgan fingerprint density at radius 1 is 0.882 bits per heavy atom. The highest BCUT2D eigenvalue weighted by molar-refractivity contribution is 6.59. The van der Waals surface area contributed by atoms with E-state index in [0.717, 1.165) is 20.8 Å². The second-order valence-electron chi connectivity index (χ2n) is 3.13. The van der Waals surface area contributed by atoms with Crippen molar-refractivity contribution in [1.82, 2.24) is 0 Å². The van der Waals surface area contributed by atoms with E-state index in [1.54, 1.807) is 6.92 Å². The highest BCUT2D eigenvalue weighted by atomic mass is 28.4. The summed E-state index contributed by atoms with van der Waals surface area (Å²) in [7, 11) is -4.05. The Kier molecular flexibility index (Phi) is 6.44. The smallest absolute Gasteiger partial charge is 0.433 e. The average Bonchev–Trinajstić information content (AvgIpc) is 2.11. The molecular formula is C9H16O7Si. The van der Waals surface area contributed by atoms with Gasteiger partial charge in [0.25, 0.3) is 17.9 Å². The van der Waals surface area contributed by atoms with Crippen molar-refractivity contribution in [3.05, 3.63) is 0 Å². The fraction of sp³-hybridized carbons (Fsp3) is 0.667. The lowest BCUT2D eigenvalue weighted by Gasteiger charge is -2.23. The summed E-state index contributed by atoms with van der Waals surface area (Å²) in [5.41, 5.74) is 0. The van der Waals surface area contributed by atoms with Gasteiger partial charge in [0.1, 0.15) is 0 Å². The Morgan fingerprint density at radius 3 is 1.47 bits per heavy atom. The van der Waals surface area contributed by atoms with Crippen LogP contribution in [0.15, 0.2) is 0 Å². The van der Waals surface area contributed by atoms with Crippen LogP contribution in [0.2, 0.25) is 0 Å². The van der Waals surface area contributed by atoms with Crippen LogP contribution in [0, 0.1) is 0 Å². The lowest BCUT2D eigenvalue weighted by molar-refractivity contribution is -0.156. The summed E-state index contributed by atoms with van der Waals surface area (Å²) in [5, 5.41) is 0. The molecule has 0 aromatic heterocycles. The van der Waals surface area contributed by atoms with Crippen LogP contribution in [0.3, 0.4) is 0 Å². The molecule has 0 spiro atoms. The molecule has 0 saturated carbocycles. The van der Waals surface area contributed by atoms with E-state index < -0.39 is 27.0 Å². The zero-order valence-electron chi connectivity index (χ0n) is 10.3. The maximum atomic E-state index is 10.9. The van der Waals surface area contributed by atoms with Crippen LogP contribution in [-0.2, 0) is 32.1 Å². The summed E-state index contributed by atoms with van der Waals surface area (Å²) in [6.45, 7) is 5.24. The van der Waals surface area contributed by atoms with Gasteiger partial charge in [0.15, 0.2) is 0 Å². The van der Waals surface area contributed by atoms with Crippen molar-refractivity contribution in [2.24, 2.45) is 0 Å². The van der Waals surface area contributed by atoms with E-state index in [0.29, 0.717) is 6.42 Å². The van der Waals surface area contributed by atoms with Crippen molar-refractivity contribution >= 4 is 27.0 Å². The molecule has 0 unspecified atom stereocenters. The molecule has 0 heterocycles. The first-order valence-corrected chi connectivity index (χ1v) is 6.67. The summed E-state index contributed by atoms with van der Waals surface area (Å²) < 4.78 is 19.4. The SMILES string of the molecule is CCCO[Si](OC(C)=O)(OC(C)=O)OC(C)=O. The van der Waals surface area contributed by atoms with E-state index >= 15 is 0 Å². The molecule has 98 valence electrons. The molecule has 17 heavy (non-hydrogen) atoms. The Balaban J connectivity index is 4.95. The monoisotopic (exact) mass is 264 g/mol. The molecule has 0 aromatic carbocycles. The second-order valence-corrected chi connectivity index (χ2v) is 5.03. The van der Waals surface area contributed by atoms with Crippen molar-refractivity contribution in [2.45, 2.75) is 34.1 Å². The fourth-order valence-corrected chi connectivity index (χ4v) is 2.72. The van der Waals surface area contributed by atoms with Crippen molar-refractivity contribution in [3.63, 3.8) is 0 Å². The van der Waals surface area contributed by atoms with Gasteiger partial charge in [0.05, 0.1) is 0 Å². The van der Waals surface area contributed by atoms with E-state index in [1.807, 2.05) is 0 Å². The first-order valence-electron chi connectivity index (χ1n) is 5.04.